The van der Waals surface area contributed by atoms with Gasteiger partial charge in [-0.1, -0.05) is 30.3 Å². The number of methoxy groups -OCH3 is 4. The molecule has 148 valence electrons. The molecule has 9 heteroatoms. The molecule has 3 atom stereocenters. The van der Waals surface area contributed by atoms with Crippen LogP contribution < -0.4 is 5.32 Å². The Morgan fingerprint density at radius 2 is 1.48 bits per heavy atom. The Kier molecular flexibility index (Phi) is 8.94. The molecule has 0 unspecified atom stereocenters. The van der Waals surface area contributed by atoms with Crippen LogP contribution in [-0.4, -0.2) is 58.3 Å². The average Bonchev–Trinajstić information content (AvgIpc) is 2.70. The fraction of sp³-hybridized carbons (Fsp3) is 0.444. The largest absolute Gasteiger partial charge is 0.469 e. The molecule has 1 N–H and O–H groups in total. The Bertz CT molecular complexity index is 661. The summed E-state index contributed by atoms with van der Waals surface area (Å²) in [4.78, 5) is 48.6. The fourth-order valence-electron chi connectivity index (χ4n) is 2.45. The Balaban J connectivity index is 3.13. The lowest BCUT2D eigenvalue weighted by Crippen LogP contribution is -2.51. The third-order valence-corrected chi connectivity index (χ3v) is 3.85. The number of rotatable bonds is 9. The van der Waals surface area contributed by atoms with Gasteiger partial charge in [0.2, 0.25) is 0 Å². The van der Waals surface area contributed by atoms with E-state index in [1.54, 1.807) is 30.3 Å². The number of hydrogen-bond acceptors (Lipinski definition) is 8. The summed E-state index contributed by atoms with van der Waals surface area (Å²) in [7, 11) is 4.67. The Morgan fingerprint density at radius 1 is 0.889 bits per heavy atom. The second-order valence-corrected chi connectivity index (χ2v) is 5.45. The molecule has 1 aromatic rings. The van der Waals surface area contributed by atoms with E-state index in [0.29, 0.717) is 5.56 Å². The van der Waals surface area contributed by atoms with Crippen LogP contribution >= 0.6 is 0 Å². The van der Waals surface area contributed by atoms with Gasteiger partial charge in [-0.2, -0.15) is 0 Å². The number of amides is 1. The first-order valence-corrected chi connectivity index (χ1v) is 8.00. The molecule has 1 rings (SSSR count). The lowest BCUT2D eigenvalue weighted by Gasteiger charge is -2.25. The van der Waals surface area contributed by atoms with Crippen LogP contribution in [0.1, 0.15) is 18.1 Å². The maximum Gasteiger partial charge on any atom is 0.329 e. The van der Waals surface area contributed by atoms with E-state index in [1.807, 2.05) is 0 Å². The number of ether oxygens (including phenoxy) is 4. The summed E-state index contributed by atoms with van der Waals surface area (Å²) in [5.41, 5.74) is 0.545. The SMILES string of the molecule is COC(=O)C[C@H](C(=O)OC)[C@H](NC(=O)[C@H](OC)c1ccccc1)C(=O)OC. The Morgan fingerprint density at radius 3 is 1.96 bits per heavy atom. The molecular weight excluding hydrogens is 358 g/mol. The fourth-order valence-corrected chi connectivity index (χ4v) is 2.45. The normalized spacial score (nSPS) is 13.6. The minimum Gasteiger partial charge on any atom is -0.469 e. The highest BCUT2D eigenvalue weighted by atomic mass is 16.5. The van der Waals surface area contributed by atoms with E-state index in [4.69, 9.17) is 4.74 Å². The van der Waals surface area contributed by atoms with Crippen LogP contribution in [0.15, 0.2) is 30.3 Å². The number of nitrogens with one attached hydrogen (secondary N) is 1. The molecule has 0 fully saturated rings. The van der Waals surface area contributed by atoms with Crippen molar-refractivity contribution in [1.29, 1.82) is 0 Å². The summed E-state index contributed by atoms with van der Waals surface area (Å²) < 4.78 is 19.1. The number of esters is 3. The van der Waals surface area contributed by atoms with Gasteiger partial charge < -0.3 is 24.3 Å². The van der Waals surface area contributed by atoms with Gasteiger partial charge in [0.05, 0.1) is 33.7 Å². The van der Waals surface area contributed by atoms with Gasteiger partial charge in [-0.25, -0.2) is 4.79 Å². The van der Waals surface area contributed by atoms with Crippen LogP contribution in [0.5, 0.6) is 0 Å². The molecular formula is C18H23NO8. The van der Waals surface area contributed by atoms with Gasteiger partial charge in [0.25, 0.3) is 5.91 Å². The van der Waals surface area contributed by atoms with Crippen molar-refractivity contribution in [2.24, 2.45) is 5.92 Å². The third-order valence-electron chi connectivity index (χ3n) is 3.85. The van der Waals surface area contributed by atoms with Crippen molar-refractivity contribution in [3.63, 3.8) is 0 Å². The van der Waals surface area contributed by atoms with Crippen molar-refractivity contribution < 1.29 is 38.1 Å². The second-order valence-electron chi connectivity index (χ2n) is 5.45. The van der Waals surface area contributed by atoms with E-state index in [1.165, 1.54) is 7.11 Å². The smallest absolute Gasteiger partial charge is 0.329 e. The molecule has 1 aromatic carbocycles. The van der Waals surface area contributed by atoms with Crippen LogP contribution in [-0.2, 0) is 38.1 Å². The molecule has 1 amide bonds. The molecule has 0 bridgehead atoms. The molecule has 0 heterocycles. The van der Waals surface area contributed by atoms with E-state index in [9.17, 15) is 19.2 Å². The zero-order valence-electron chi connectivity index (χ0n) is 15.6. The Hall–Kier alpha value is -2.94. The molecule has 0 aliphatic carbocycles. The van der Waals surface area contributed by atoms with Crippen LogP contribution in [0, 0.1) is 5.92 Å². The molecule has 0 aliphatic rings. The monoisotopic (exact) mass is 381 g/mol. The lowest BCUT2D eigenvalue weighted by molar-refractivity contribution is -0.160. The van der Waals surface area contributed by atoms with Crippen molar-refractivity contribution in [1.82, 2.24) is 5.32 Å². The van der Waals surface area contributed by atoms with Gasteiger partial charge in [-0.3, -0.25) is 14.4 Å². The molecule has 0 aromatic heterocycles. The van der Waals surface area contributed by atoms with Gasteiger partial charge in [0.15, 0.2) is 6.10 Å². The molecule has 0 radical (unpaired) electrons. The highest BCUT2D eigenvalue weighted by Gasteiger charge is 2.39. The Labute approximate surface area is 156 Å². The van der Waals surface area contributed by atoms with E-state index in [2.05, 4.69) is 19.5 Å². The molecule has 9 nitrogen and oxygen atoms in total. The topological polar surface area (TPSA) is 117 Å². The van der Waals surface area contributed by atoms with Crippen molar-refractivity contribution in [3.05, 3.63) is 35.9 Å². The van der Waals surface area contributed by atoms with Gasteiger partial charge in [0, 0.05) is 7.11 Å². The predicted octanol–water partition coefficient (Wildman–Crippen LogP) is 0.384. The summed E-state index contributed by atoms with van der Waals surface area (Å²) >= 11 is 0. The van der Waals surface area contributed by atoms with Gasteiger partial charge in [-0.05, 0) is 5.56 Å². The summed E-state index contributed by atoms with van der Waals surface area (Å²) in [6.07, 6.45) is -1.51. The quantitative estimate of drug-likeness (QED) is 0.482. The van der Waals surface area contributed by atoms with Crippen molar-refractivity contribution >= 4 is 23.8 Å². The van der Waals surface area contributed by atoms with Gasteiger partial charge in [-0.15, -0.1) is 0 Å². The first kappa shape index (κ1) is 22.1. The van der Waals surface area contributed by atoms with Crippen molar-refractivity contribution in [2.45, 2.75) is 18.6 Å². The van der Waals surface area contributed by atoms with Crippen LogP contribution in [0.25, 0.3) is 0 Å². The molecule has 0 saturated carbocycles. The average molecular weight is 381 g/mol. The standard InChI is InChI=1S/C18H23NO8/c1-24-13(20)10-12(17(22)26-3)14(18(23)27-4)19-16(21)15(25-2)11-8-6-5-7-9-11/h5-9,12,14-15H,10H2,1-4H3,(H,19,21)/t12-,14-,15+/m0/s1. The maximum atomic E-state index is 12.7. The maximum absolute atomic E-state index is 12.7. The predicted molar refractivity (Wildman–Crippen MR) is 92.3 cm³/mol. The summed E-state index contributed by atoms with van der Waals surface area (Å²) in [5, 5.41) is 2.41. The summed E-state index contributed by atoms with van der Waals surface area (Å²) in [5.74, 6) is -4.54. The molecule has 0 spiro atoms. The van der Waals surface area contributed by atoms with Crippen LogP contribution in [0.2, 0.25) is 0 Å². The number of benzene rings is 1. The summed E-state index contributed by atoms with van der Waals surface area (Å²) in [6, 6.07) is 7.10. The van der Waals surface area contributed by atoms with Crippen LogP contribution in [0.4, 0.5) is 0 Å². The zero-order chi connectivity index (χ0) is 20.4. The highest BCUT2D eigenvalue weighted by Crippen LogP contribution is 2.19. The zero-order valence-corrected chi connectivity index (χ0v) is 15.6. The van der Waals surface area contributed by atoms with Gasteiger partial charge in [0.1, 0.15) is 6.04 Å². The third kappa shape index (κ3) is 6.07. The second kappa shape index (κ2) is 10.9. The van der Waals surface area contributed by atoms with E-state index < -0.39 is 48.3 Å². The summed E-state index contributed by atoms with van der Waals surface area (Å²) in [6.45, 7) is 0. The van der Waals surface area contributed by atoms with Crippen molar-refractivity contribution in [2.75, 3.05) is 28.4 Å². The van der Waals surface area contributed by atoms with Crippen LogP contribution in [0.3, 0.4) is 0 Å². The lowest BCUT2D eigenvalue weighted by atomic mass is 9.95. The van der Waals surface area contributed by atoms with E-state index in [0.717, 1.165) is 21.3 Å². The number of hydrogen-bond donors (Lipinski definition) is 1. The van der Waals surface area contributed by atoms with E-state index >= 15 is 0 Å². The minimum absolute atomic E-state index is 0.480. The first-order valence-electron chi connectivity index (χ1n) is 8.00. The number of carbonyl (C=O) groups excluding carboxylic acids is 4. The van der Waals surface area contributed by atoms with E-state index in [-0.39, 0.29) is 0 Å². The molecule has 0 aliphatic heterocycles. The minimum atomic E-state index is -1.46. The molecule has 0 saturated heterocycles. The molecule has 27 heavy (non-hydrogen) atoms. The first-order chi connectivity index (χ1) is 12.9. The van der Waals surface area contributed by atoms with Crippen molar-refractivity contribution in [3.8, 4) is 0 Å². The number of carbonyl (C=O) groups is 4. The highest BCUT2D eigenvalue weighted by molar-refractivity contribution is 5.92. The van der Waals surface area contributed by atoms with Gasteiger partial charge >= 0.3 is 17.9 Å².